The predicted molar refractivity (Wildman–Crippen MR) is 123 cm³/mol. The van der Waals surface area contributed by atoms with Crippen molar-refractivity contribution >= 4 is 63.7 Å². The summed E-state index contributed by atoms with van der Waals surface area (Å²) in [6.07, 6.45) is 0. The van der Waals surface area contributed by atoms with Crippen LogP contribution < -0.4 is 14.8 Å². The molecule has 0 aromatic heterocycles. The minimum Gasteiger partial charge on any atom is -0.493 e. The van der Waals surface area contributed by atoms with Crippen LogP contribution in [0.4, 0.5) is 5.69 Å². The molecular weight excluding hydrogens is 476 g/mol. The molecule has 0 spiro atoms. The molecule has 3 aromatic rings. The Kier molecular flexibility index (Phi) is 7.66. The molecule has 8 heteroatoms. The first kappa shape index (κ1) is 22.2. The minimum atomic E-state index is 0.157. The molecule has 0 saturated heterocycles. The lowest BCUT2D eigenvalue weighted by Gasteiger charge is -2.16. The number of halogens is 5. The second-order valence-corrected chi connectivity index (χ2v) is 8.14. The number of methoxy groups -OCH3 is 1. The van der Waals surface area contributed by atoms with E-state index in [0.717, 1.165) is 11.3 Å². The third-order valence-corrected chi connectivity index (χ3v) is 5.68. The van der Waals surface area contributed by atoms with Crippen LogP contribution in [0.5, 0.6) is 11.5 Å². The molecule has 0 radical (unpaired) electrons. The van der Waals surface area contributed by atoms with Crippen molar-refractivity contribution in [1.82, 2.24) is 0 Å². The zero-order valence-corrected chi connectivity index (χ0v) is 19.0. The highest BCUT2D eigenvalue weighted by Crippen LogP contribution is 2.38. The number of rotatable bonds is 7. The van der Waals surface area contributed by atoms with E-state index >= 15 is 0 Å². The number of hydrogen-bond acceptors (Lipinski definition) is 3. The monoisotopic (exact) mass is 489 g/mol. The summed E-state index contributed by atoms with van der Waals surface area (Å²) in [5, 5.41) is 5.84. The Morgan fingerprint density at radius 3 is 2.24 bits per heavy atom. The van der Waals surface area contributed by atoms with Crippen molar-refractivity contribution in [3.05, 3.63) is 84.8 Å². The van der Waals surface area contributed by atoms with Gasteiger partial charge in [0.2, 0.25) is 0 Å². The van der Waals surface area contributed by atoms with E-state index < -0.39 is 0 Å². The maximum Gasteiger partial charge on any atom is 0.180 e. The maximum atomic E-state index is 6.45. The molecule has 0 aliphatic carbocycles. The molecule has 0 aliphatic heterocycles. The normalized spacial score (nSPS) is 10.7. The SMILES string of the molecule is COc1cc(CNc2cc(Cl)ccc2Cl)cc(Cl)c1OCc1c(Cl)cccc1Cl. The molecule has 3 nitrogen and oxygen atoms in total. The van der Waals surface area contributed by atoms with Gasteiger partial charge in [0.15, 0.2) is 11.5 Å². The fourth-order valence-electron chi connectivity index (χ4n) is 2.66. The van der Waals surface area contributed by atoms with Gasteiger partial charge in [-0.1, -0.05) is 64.1 Å². The molecule has 0 atom stereocenters. The summed E-state index contributed by atoms with van der Waals surface area (Å²) < 4.78 is 11.3. The van der Waals surface area contributed by atoms with Gasteiger partial charge in [-0.15, -0.1) is 0 Å². The van der Waals surface area contributed by atoms with E-state index in [0.29, 0.717) is 48.7 Å². The molecule has 3 aromatic carbocycles. The molecule has 0 saturated carbocycles. The molecule has 29 heavy (non-hydrogen) atoms. The van der Waals surface area contributed by atoms with E-state index in [4.69, 9.17) is 67.5 Å². The first-order valence-corrected chi connectivity index (χ1v) is 10.4. The lowest BCUT2D eigenvalue weighted by atomic mass is 10.2. The summed E-state index contributed by atoms with van der Waals surface area (Å²) in [6, 6.07) is 14.1. The molecule has 0 aliphatic rings. The van der Waals surface area contributed by atoms with Crippen LogP contribution in [0.1, 0.15) is 11.1 Å². The van der Waals surface area contributed by atoms with E-state index in [-0.39, 0.29) is 6.61 Å². The summed E-state index contributed by atoms with van der Waals surface area (Å²) in [5.41, 5.74) is 2.28. The van der Waals surface area contributed by atoms with Gasteiger partial charge in [0, 0.05) is 27.2 Å². The molecule has 0 unspecified atom stereocenters. The van der Waals surface area contributed by atoms with Crippen LogP contribution in [0.15, 0.2) is 48.5 Å². The van der Waals surface area contributed by atoms with Crippen molar-refractivity contribution in [2.24, 2.45) is 0 Å². The van der Waals surface area contributed by atoms with Crippen LogP contribution in [-0.2, 0) is 13.2 Å². The molecule has 1 N–H and O–H groups in total. The van der Waals surface area contributed by atoms with E-state index in [2.05, 4.69) is 5.32 Å². The Morgan fingerprint density at radius 1 is 0.828 bits per heavy atom. The number of nitrogens with one attached hydrogen (secondary N) is 1. The molecular formula is C21H16Cl5NO2. The maximum absolute atomic E-state index is 6.45. The van der Waals surface area contributed by atoms with E-state index in [1.165, 1.54) is 0 Å². The van der Waals surface area contributed by atoms with Gasteiger partial charge < -0.3 is 14.8 Å². The highest BCUT2D eigenvalue weighted by Gasteiger charge is 2.15. The third kappa shape index (κ3) is 5.56. The molecule has 0 amide bonds. The van der Waals surface area contributed by atoms with Gasteiger partial charge >= 0.3 is 0 Å². The number of ether oxygens (including phenoxy) is 2. The molecule has 0 heterocycles. The Labute approximate surface area is 194 Å². The second-order valence-electron chi connectivity index (χ2n) is 6.08. The molecule has 0 fully saturated rings. The number of benzene rings is 3. The number of anilines is 1. The van der Waals surface area contributed by atoms with E-state index in [1.54, 1.807) is 49.6 Å². The quantitative estimate of drug-likeness (QED) is 0.362. The van der Waals surface area contributed by atoms with Gasteiger partial charge in [-0.05, 0) is 48.0 Å². The second kappa shape index (κ2) is 10.0. The number of hydrogen-bond donors (Lipinski definition) is 1. The van der Waals surface area contributed by atoms with Crippen molar-refractivity contribution in [3.63, 3.8) is 0 Å². The van der Waals surface area contributed by atoms with Crippen LogP contribution in [0.2, 0.25) is 25.1 Å². The smallest absolute Gasteiger partial charge is 0.180 e. The Bertz CT molecular complexity index is 1010. The molecule has 152 valence electrons. The predicted octanol–water partition coefficient (Wildman–Crippen LogP) is 8.15. The summed E-state index contributed by atoms with van der Waals surface area (Å²) >= 11 is 31.1. The van der Waals surface area contributed by atoms with Crippen LogP contribution in [0, 0.1) is 0 Å². The molecule has 0 bridgehead atoms. The van der Waals surface area contributed by atoms with Gasteiger partial charge in [-0.3, -0.25) is 0 Å². The van der Waals surface area contributed by atoms with Crippen LogP contribution in [0.25, 0.3) is 0 Å². The third-order valence-electron chi connectivity index (χ3n) is 4.12. The average molecular weight is 492 g/mol. The van der Waals surface area contributed by atoms with Crippen molar-refractivity contribution in [2.75, 3.05) is 12.4 Å². The van der Waals surface area contributed by atoms with Crippen molar-refractivity contribution in [1.29, 1.82) is 0 Å². The largest absolute Gasteiger partial charge is 0.493 e. The summed E-state index contributed by atoms with van der Waals surface area (Å²) in [7, 11) is 1.55. The standard InChI is InChI=1S/C21H16Cl5NO2/c1-28-20-8-12(10-27-19-9-13(22)5-6-17(19)25)7-18(26)21(20)29-11-14-15(23)3-2-4-16(14)24/h2-9,27H,10-11H2,1H3. The van der Waals surface area contributed by atoms with Crippen LogP contribution in [-0.4, -0.2) is 7.11 Å². The van der Waals surface area contributed by atoms with Crippen molar-refractivity contribution in [3.8, 4) is 11.5 Å². The van der Waals surface area contributed by atoms with Gasteiger partial charge in [-0.2, -0.15) is 0 Å². The highest BCUT2D eigenvalue weighted by molar-refractivity contribution is 6.36. The van der Waals surface area contributed by atoms with Crippen molar-refractivity contribution in [2.45, 2.75) is 13.2 Å². The Morgan fingerprint density at radius 2 is 1.55 bits per heavy atom. The van der Waals surface area contributed by atoms with Crippen LogP contribution in [0.3, 0.4) is 0 Å². The fraction of sp³-hybridized carbons (Fsp3) is 0.143. The first-order chi connectivity index (χ1) is 13.9. The first-order valence-electron chi connectivity index (χ1n) is 8.50. The minimum absolute atomic E-state index is 0.157. The van der Waals surface area contributed by atoms with Gasteiger partial charge in [0.1, 0.15) is 6.61 Å². The summed E-state index contributed by atoms with van der Waals surface area (Å²) in [6.45, 7) is 0.622. The van der Waals surface area contributed by atoms with Gasteiger partial charge in [0.05, 0.1) is 22.8 Å². The Balaban J connectivity index is 1.77. The van der Waals surface area contributed by atoms with Crippen LogP contribution >= 0.6 is 58.0 Å². The average Bonchev–Trinajstić information content (AvgIpc) is 2.69. The topological polar surface area (TPSA) is 30.5 Å². The zero-order chi connectivity index (χ0) is 21.0. The van der Waals surface area contributed by atoms with E-state index in [9.17, 15) is 0 Å². The van der Waals surface area contributed by atoms with Crippen molar-refractivity contribution < 1.29 is 9.47 Å². The van der Waals surface area contributed by atoms with Gasteiger partial charge in [-0.25, -0.2) is 0 Å². The molecule has 3 rings (SSSR count). The lowest BCUT2D eigenvalue weighted by molar-refractivity contribution is 0.284. The fourth-order valence-corrected chi connectivity index (χ4v) is 3.81. The summed E-state index contributed by atoms with van der Waals surface area (Å²) in [5.74, 6) is 0.907. The van der Waals surface area contributed by atoms with E-state index in [1.807, 2.05) is 6.07 Å². The highest BCUT2D eigenvalue weighted by atomic mass is 35.5. The summed E-state index contributed by atoms with van der Waals surface area (Å²) in [4.78, 5) is 0. The Hall–Kier alpha value is -1.49. The zero-order valence-electron chi connectivity index (χ0n) is 15.2. The van der Waals surface area contributed by atoms with Gasteiger partial charge in [0.25, 0.3) is 0 Å². The lowest BCUT2D eigenvalue weighted by Crippen LogP contribution is -2.03.